The molecule has 0 aliphatic carbocycles. The minimum atomic E-state index is -0.508. The number of ether oxygens (including phenoxy) is 1. The fourth-order valence-electron chi connectivity index (χ4n) is 2.08. The summed E-state index contributed by atoms with van der Waals surface area (Å²) >= 11 is 0. The van der Waals surface area contributed by atoms with Crippen molar-refractivity contribution in [3.63, 3.8) is 0 Å². The summed E-state index contributed by atoms with van der Waals surface area (Å²) in [5.74, 6) is -0.957. The monoisotopic (exact) mass is 227 g/mol. The fourth-order valence-corrected chi connectivity index (χ4v) is 2.08. The molecule has 1 atom stereocenters. The van der Waals surface area contributed by atoms with Crippen LogP contribution in [0.5, 0.6) is 5.75 Å². The lowest BCUT2D eigenvalue weighted by atomic mass is 9.97. The predicted molar refractivity (Wildman–Crippen MR) is 57.5 cm³/mol. The Balaban J connectivity index is 2.29. The molecule has 88 valence electrons. The second kappa shape index (κ2) is 4.78. The average Bonchev–Trinajstić information content (AvgIpc) is 2.32. The van der Waals surface area contributed by atoms with Crippen LogP contribution in [0.25, 0.3) is 0 Å². The Bertz CT molecular complexity index is 376. The molecule has 0 aromatic heterocycles. The van der Waals surface area contributed by atoms with Gasteiger partial charge in [0.25, 0.3) is 0 Å². The molecule has 0 amide bonds. The van der Waals surface area contributed by atoms with Gasteiger partial charge in [0, 0.05) is 17.7 Å². The van der Waals surface area contributed by atoms with Gasteiger partial charge in [-0.05, 0) is 25.5 Å². The number of benzene rings is 1. The summed E-state index contributed by atoms with van der Waals surface area (Å²) in [6.45, 7) is 0.859. The summed E-state index contributed by atoms with van der Waals surface area (Å²) < 4.78 is 31.9. The molecule has 2 nitrogen and oxygen atoms in total. The molecule has 2 rings (SSSR count). The molecule has 1 heterocycles. The van der Waals surface area contributed by atoms with Gasteiger partial charge in [0.15, 0.2) is 11.6 Å². The number of hydrogen-bond acceptors (Lipinski definition) is 2. The molecule has 1 aliphatic rings. The maximum Gasteiger partial charge on any atom is 0.165 e. The highest BCUT2D eigenvalue weighted by Crippen LogP contribution is 2.29. The van der Waals surface area contributed by atoms with Crippen LogP contribution in [-0.4, -0.2) is 13.7 Å². The van der Waals surface area contributed by atoms with Gasteiger partial charge in [-0.3, -0.25) is 0 Å². The van der Waals surface area contributed by atoms with Gasteiger partial charge in [-0.1, -0.05) is 6.42 Å². The Morgan fingerprint density at radius 2 is 2.06 bits per heavy atom. The fraction of sp³-hybridized carbons (Fsp3) is 0.500. The Kier molecular flexibility index (Phi) is 3.39. The number of nitrogens with one attached hydrogen (secondary N) is 1. The van der Waals surface area contributed by atoms with Crippen LogP contribution in [0.4, 0.5) is 8.78 Å². The number of methoxy groups -OCH3 is 1. The van der Waals surface area contributed by atoms with E-state index in [1.54, 1.807) is 0 Å². The summed E-state index contributed by atoms with van der Waals surface area (Å²) in [7, 11) is 1.33. The normalized spacial score (nSPS) is 20.8. The largest absolute Gasteiger partial charge is 0.494 e. The summed E-state index contributed by atoms with van der Waals surface area (Å²) in [5, 5.41) is 3.19. The van der Waals surface area contributed by atoms with Crippen LogP contribution in [0.2, 0.25) is 0 Å². The molecule has 1 aromatic rings. The van der Waals surface area contributed by atoms with Crippen LogP contribution in [0.3, 0.4) is 0 Å². The number of hydrogen-bond donors (Lipinski definition) is 1. The zero-order valence-corrected chi connectivity index (χ0v) is 9.22. The first-order chi connectivity index (χ1) is 7.72. The van der Waals surface area contributed by atoms with Gasteiger partial charge in [0.2, 0.25) is 0 Å². The first-order valence-electron chi connectivity index (χ1n) is 5.48. The molecule has 1 unspecified atom stereocenters. The van der Waals surface area contributed by atoms with E-state index >= 15 is 0 Å². The molecule has 0 radical (unpaired) electrons. The second-order valence-corrected chi connectivity index (χ2v) is 4.01. The van der Waals surface area contributed by atoms with Gasteiger partial charge in [-0.25, -0.2) is 8.78 Å². The van der Waals surface area contributed by atoms with Crippen molar-refractivity contribution in [2.24, 2.45) is 0 Å². The van der Waals surface area contributed by atoms with Crippen molar-refractivity contribution < 1.29 is 13.5 Å². The van der Waals surface area contributed by atoms with E-state index < -0.39 is 11.6 Å². The third-order valence-corrected chi connectivity index (χ3v) is 2.96. The van der Waals surface area contributed by atoms with Crippen molar-refractivity contribution in [1.29, 1.82) is 0 Å². The molecule has 0 bridgehead atoms. The standard InChI is InChI=1S/C12H15F2NO/c1-16-12-7-9(13)8(6-10(12)14)11-4-2-3-5-15-11/h6-7,11,15H,2-5H2,1H3. The molecule has 0 saturated carbocycles. The molecule has 1 aliphatic heterocycles. The molecule has 16 heavy (non-hydrogen) atoms. The lowest BCUT2D eigenvalue weighted by Gasteiger charge is -2.24. The van der Waals surface area contributed by atoms with E-state index in [2.05, 4.69) is 5.32 Å². The van der Waals surface area contributed by atoms with Crippen LogP contribution in [0, 0.1) is 11.6 Å². The molecule has 0 spiro atoms. The van der Waals surface area contributed by atoms with Gasteiger partial charge in [-0.2, -0.15) is 0 Å². The highest BCUT2D eigenvalue weighted by Gasteiger charge is 2.20. The third-order valence-electron chi connectivity index (χ3n) is 2.96. The van der Waals surface area contributed by atoms with E-state index in [4.69, 9.17) is 4.74 Å². The van der Waals surface area contributed by atoms with Crippen molar-refractivity contribution in [3.05, 3.63) is 29.3 Å². The first kappa shape index (κ1) is 11.3. The molecule has 1 aromatic carbocycles. The smallest absolute Gasteiger partial charge is 0.165 e. The number of rotatable bonds is 2. The first-order valence-corrected chi connectivity index (χ1v) is 5.48. The van der Waals surface area contributed by atoms with Gasteiger partial charge in [0.05, 0.1) is 7.11 Å². The van der Waals surface area contributed by atoms with Crippen molar-refractivity contribution in [1.82, 2.24) is 5.32 Å². The van der Waals surface area contributed by atoms with Crippen molar-refractivity contribution in [2.45, 2.75) is 25.3 Å². The van der Waals surface area contributed by atoms with Gasteiger partial charge >= 0.3 is 0 Å². The van der Waals surface area contributed by atoms with Crippen LogP contribution in [-0.2, 0) is 0 Å². The highest BCUT2D eigenvalue weighted by molar-refractivity contribution is 5.32. The topological polar surface area (TPSA) is 21.3 Å². The summed E-state index contributed by atoms with van der Waals surface area (Å²) in [6.07, 6.45) is 2.99. The summed E-state index contributed by atoms with van der Waals surface area (Å²) in [5.41, 5.74) is 0.401. The molecular formula is C12H15F2NO. The summed E-state index contributed by atoms with van der Waals surface area (Å²) in [4.78, 5) is 0. The molecule has 1 fully saturated rings. The van der Waals surface area contributed by atoms with E-state index in [0.717, 1.165) is 31.9 Å². The lowest BCUT2D eigenvalue weighted by molar-refractivity contribution is 0.372. The molecule has 1 saturated heterocycles. The predicted octanol–water partition coefficient (Wildman–Crippen LogP) is 2.79. The van der Waals surface area contributed by atoms with E-state index in [0.29, 0.717) is 5.56 Å². The maximum absolute atomic E-state index is 13.7. The van der Waals surface area contributed by atoms with E-state index in [1.807, 2.05) is 0 Å². The highest BCUT2D eigenvalue weighted by atomic mass is 19.1. The van der Waals surface area contributed by atoms with Crippen molar-refractivity contribution >= 4 is 0 Å². The van der Waals surface area contributed by atoms with Gasteiger partial charge in [0.1, 0.15) is 5.82 Å². The quantitative estimate of drug-likeness (QED) is 0.838. The zero-order chi connectivity index (χ0) is 11.5. The molecular weight excluding hydrogens is 212 g/mol. The number of halogens is 2. The summed E-state index contributed by atoms with van der Waals surface area (Å²) in [6, 6.07) is 2.27. The van der Waals surface area contributed by atoms with Crippen LogP contribution in [0.1, 0.15) is 30.9 Å². The Morgan fingerprint density at radius 3 is 2.69 bits per heavy atom. The lowest BCUT2D eigenvalue weighted by Crippen LogP contribution is -2.27. The maximum atomic E-state index is 13.7. The van der Waals surface area contributed by atoms with Crippen molar-refractivity contribution in [2.75, 3.05) is 13.7 Å². The van der Waals surface area contributed by atoms with Crippen LogP contribution >= 0.6 is 0 Å². The van der Waals surface area contributed by atoms with E-state index in [1.165, 1.54) is 13.2 Å². The van der Waals surface area contributed by atoms with Crippen LogP contribution < -0.4 is 10.1 Å². The van der Waals surface area contributed by atoms with E-state index in [9.17, 15) is 8.78 Å². The molecule has 4 heteroatoms. The number of piperidine rings is 1. The van der Waals surface area contributed by atoms with E-state index in [-0.39, 0.29) is 11.8 Å². The van der Waals surface area contributed by atoms with Crippen LogP contribution in [0.15, 0.2) is 12.1 Å². The molecule has 1 N–H and O–H groups in total. The SMILES string of the molecule is COc1cc(F)c(C2CCCCN2)cc1F. The van der Waals surface area contributed by atoms with Gasteiger partial charge < -0.3 is 10.1 Å². The second-order valence-electron chi connectivity index (χ2n) is 4.01. The third kappa shape index (κ3) is 2.16. The minimum Gasteiger partial charge on any atom is -0.494 e. The Hall–Kier alpha value is -1.16. The zero-order valence-electron chi connectivity index (χ0n) is 9.22. The minimum absolute atomic E-state index is 0.0444. The van der Waals surface area contributed by atoms with Gasteiger partial charge in [-0.15, -0.1) is 0 Å². The Morgan fingerprint density at radius 1 is 1.25 bits per heavy atom. The average molecular weight is 227 g/mol. The Labute approximate surface area is 93.6 Å². The van der Waals surface area contributed by atoms with Crippen molar-refractivity contribution in [3.8, 4) is 5.75 Å².